The molecule has 2 fully saturated rings. The number of ether oxygens (including phenoxy) is 1. The molecule has 0 aliphatic carbocycles. The van der Waals surface area contributed by atoms with Crippen LogP contribution in [0.5, 0.6) is 0 Å². The van der Waals surface area contributed by atoms with E-state index in [0.29, 0.717) is 39.1 Å². The highest BCUT2D eigenvalue weighted by molar-refractivity contribution is 7.86. The molecular formula is C17H25N3O4S. The maximum absolute atomic E-state index is 13.1. The molecule has 25 heavy (non-hydrogen) atoms. The Morgan fingerprint density at radius 1 is 1.24 bits per heavy atom. The predicted octanol–water partition coefficient (Wildman–Crippen LogP) is 1.74. The maximum atomic E-state index is 13.1. The summed E-state index contributed by atoms with van der Waals surface area (Å²) in [5.74, 6) is -0.413. The van der Waals surface area contributed by atoms with Gasteiger partial charge in [0.1, 0.15) is 0 Å². The van der Waals surface area contributed by atoms with E-state index in [1.807, 2.05) is 18.2 Å². The molecule has 0 saturated carbocycles. The number of esters is 1. The van der Waals surface area contributed by atoms with Crippen LogP contribution in [0.3, 0.4) is 0 Å². The van der Waals surface area contributed by atoms with Crippen LogP contribution in [0, 0.1) is 5.92 Å². The minimum Gasteiger partial charge on any atom is -0.466 e. The van der Waals surface area contributed by atoms with Crippen LogP contribution >= 0.6 is 0 Å². The summed E-state index contributed by atoms with van der Waals surface area (Å²) in [6, 6.07) is 5.40. The molecule has 0 N–H and O–H groups in total. The summed E-state index contributed by atoms with van der Waals surface area (Å²) in [7, 11) is -3.55. The monoisotopic (exact) mass is 367 g/mol. The summed E-state index contributed by atoms with van der Waals surface area (Å²) in [5.41, 5.74) is 0.796. The molecule has 0 amide bonds. The lowest BCUT2D eigenvalue weighted by Gasteiger charge is -2.34. The van der Waals surface area contributed by atoms with E-state index in [1.165, 1.54) is 4.31 Å². The molecule has 1 aromatic rings. The molecule has 3 rings (SSSR count). The van der Waals surface area contributed by atoms with Gasteiger partial charge in [-0.3, -0.25) is 9.78 Å². The quantitative estimate of drug-likeness (QED) is 0.741. The number of nitrogens with zero attached hydrogens (tertiary/aromatic N) is 3. The Labute approximate surface area is 149 Å². The third-order valence-corrected chi connectivity index (χ3v) is 6.98. The number of hydrogen-bond acceptors (Lipinski definition) is 5. The highest BCUT2D eigenvalue weighted by Crippen LogP contribution is 2.35. The van der Waals surface area contributed by atoms with Crippen LogP contribution in [0.2, 0.25) is 0 Å². The maximum Gasteiger partial charge on any atom is 0.309 e. The zero-order valence-electron chi connectivity index (χ0n) is 14.5. The summed E-state index contributed by atoms with van der Waals surface area (Å²) < 4.78 is 34.3. The van der Waals surface area contributed by atoms with Gasteiger partial charge < -0.3 is 4.74 Å². The first-order valence-electron chi connectivity index (χ1n) is 8.88. The van der Waals surface area contributed by atoms with Crippen molar-refractivity contribution in [2.45, 2.75) is 38.6 Å². The zero-order valence-corrected chi connectivity index (χ0v) is 15.3. The van der Waals surface area contributed by atoms with Gasteiger partial charge in [0.2, 0.25) is 0 Å². The van der Waals surface area contributed by atoms with E-state index >= 15 is 0 Å². The summed E-state index contributed by atoms with van der Waals surface area (Å²) in [6.45, 7) is 3.37. The highest BCUT2D eigenvalue weighted by Gasteiger charge is 2.41. The van der Waals surface area contributed by atoms with Crippen LogP contribution in [0.4, 0.5) is 0 Å². The van der Waals surface area contributed by atoms with Crippen molar-refractivity contribution in [1.82, 2.24) is 13.6 Å². The highest BCUT2D eigenvalue weighted by atomic mass is 32.2. The average molecular weight is 367 g/mol. The molecular weight excluding hydrogens is 342 g/mol. The number of carbonyl (C=O) groups excluding carboxylic acids is 1. The van der Waals surface area contributed by atoms with Gasteiger partial charge in [0, 0.05) is 25.8 Å². The molecule has 1 aromatic heterocycles. The van der Waals surface area contributed by atoms with Crippen molar-refractivity contribution < 1.29 is 17.9 Å². The third kappa shape index (κ3) is 3.86. The Bertz CT molecular complexity index is 687. The zero-order chi connectivity index (χ0) is 17.9. The van der Waals surface area contributed by atoms with E-state index in [0.717, 1.165) is 18.5 Å². The molecule has 0 spiro atoms. The van der Waals surface area contributed by atoms with Gasteiger partial charge in [0.25, 0.3) is 10.2 Å². The topological polar surface area (TPSA) is 79.8 Å². The molecule has 138 valence electrons. The van der Waals surface area contributed by atoms with Gasteiger partial charge >= 0.3 is 5.97 Å². The number of piperidine rings is 1. The number of rotatable bonds is 5. The molecule has 2 aliphatic heterocycles. The predicted molar refractivity (Wildman–Crippen MR) is 92.8 cm³/mol. The first-order chi connectivity index (χ1) is 12.0. The van der Waals surface area contributed by atoms with E-state index in [-0.39, 0.29) is 17.9 Å². The van der Waals surface area contributed by atoms with E-state index in [9.17, 15) is 13.2 Å². The Kier molecular flexibility index (Phi) is 5.71. The fourth-order valence-electron chi connectivity index (χ4n) is 3.62. The third-order valence-electron chi connectivity index (χ3n) is 4.93. The lowest BCUT2D eigenvalue weighted by molar-refractivity contribution is -0.149. The van der Waals surface area contributed by atoms with Crippen molar-refractivity contribution in [1.29, 1.82) is 0 Å². The second-order valence-electron chi connectivity index (χ2n) is 6.46. The van der Waals surface area contributed by atoms with Gasteiger partial charge in [0.15, 0.2) is 0 Å². The summed E-state index contributed by atoms with van der Waals surface area (Å²) >= 11 is 0. The Balaban J connectivity index is 1.69. The number of hydrogen-bond donors (Lipinski definition) is 0. The molecule has 0 bridgehead atoms. The number of carbonyl (C=O) groups is 1. The Morgan fingerprint density at radius 2 is 2.00 bits per heavy atom. The van der Waals surface area contributed by atoms with E-state index < -0.39 is 10.2 Å². The molecule has 0 unspecified atom stereocenters. The fraction of sp³-hybridized carbons (Fsp3) is 0.647. The van der Waals surface area contributed by atoms with Crippen LogP contribution < -0.4 is 0 Å². The molecule has 0 radical (unpaired) electrons. The second kappa shape index (κ2) is 7.80. The average Bonchev–Trinajstić information content (AvgIpc) is 3.13. The SMILES string of the molecule is CCOC(=O)C1CCN(S(=O)(=O)N2CCC[C@H]2c2ccccn2)CC1. The van der Waals surface area contributed by atoms with E-state index in [4.69, 9.17) is 4.74 Å². The first-order valence-corrected chi connectivity index (χ1v) is 10.3. The number of pyridine rings is 1. The normalized spacial score (nSPS) is 23.6. The van der Waals surface area contributed by atoms with Crippen molar-refractivity contribution >= 4 is 16.2 Å². The van der Waals surface area contributed by atoms with Crippen LogP contribution in [0.15, 0.2) is 24.4 Å². The second-order valence-corrected chi connectivity index (χ2v) is 8.34. The fourth-order valence-corrected chi connectivity index (χ4v) is 5.48. The number of aromatic nitrogens is 1. The van der Waals surface area contributed by atoms with Crippen LogP contribution in [-0.2, 0) is 19.7 Å². The van der Waals surface area contributed by atoms with Crippen molar-refractivity contribution in [2.24, 2.45) is 5.92 Å². The molecule has 1 atom stereocenters. The van der Waals surface area contributed by atoms with Gasteiger partial charge in [-0.15, -0.1) is 0 Å². The van der Waals surface area contributed by atoms with Gasteiger partial charge in [-0.1, -0.05) is 6.07 Å². The lowest BCUT2D eigenvalue weighted by Crippen LogP contribution is -2.47. The largest absolute Gasteiger partial charge is 0.466 e. The van der Waals surface area contributed by atoms with Crippen LogP contribution in [-0.4, -0.2) is 54.2 Å². The minimum absolute atomic E-state index is 0.198. The summed E-state index contributed by atoms with van der Waals surface area (Å²) in [4.78, 5) is 16.2. The van der Waals surface area contributed by atoms with Gasteiger partial charge in [-0.25, -0.2) is 0 Å². The Hall–Kier alpha value is -1.51. The van der Waals surface area contributed by atoms with Gasteiger partial charge in [-0.2, -0.15) is 17.0 Å². The van der Waals surface area contributed by atoms with Gasteiger partial charge in [0.05, 0.1) is 24.3 Å². The minimum atomic E-state index is -3.55. The van der Waals surface area contributed by atoms with Crippen molar-refractivity contribution in [3.8, 4) is 0 Å². The molecule has 3 heterocycles. The van der Waals surface area contributed by atoms with Crippen molar-refractivity contribution in [3.63, 3.8) is 0 Å². The smallest absolute Gasteiger partial charge is 0.309 e. The molecule has 0 aromatic carbocycles. The van der Waals surface area contributed by atoms with E-state index in [2.05, 4.69) is 4.98 Å². The molecule has 7 nitrogen and oxygen atoms in total. The van der Waals surface area contributed by atoms with Crippen molar-refractivity contribution in [3.05, 3.63) is 30.1 Å². The molecule has 8 heteroatoms. The van der Waals surface area contributed by atoms with E-state index in [1.54, 1.807) is 17.4 Å². The summed E-state index contributed by atoms with van der Waals surface area (Å²) in [6.07, 6.45) is 4.35. The van der Waals surface area contributed by atoms with Gasteiger partial charge in [-0.05, 0) is 44.7 Å². The van der Waals surface area contributed by atoms with Crippen LogP contribution in [0.1, 0.15) is 44.3 Å². The first kappa shape index (κ1) is 18.3. The molecule has 2 saturated heterocycles. The Morgan fingerprint density at radius 3 is 2.64 bits per heavy atom. The van der Waals surface area contributed by atoms with Crippen molar-refractivity contribution in [2.75, 3.05) is 26.2 Å². The summed E-state index contributed by atoms with van der Waals surface area (Å²) in [5, 5.41) is 0. The van der Waals surface area contributed by atoms with Crippen LogP contribution in [0.25, 0.3) is 0 Å². The molecule has 2 aliphatic rings. The lowest BCUT2D eigenvalue weighted by atomic mass is 9.98. The standard InChI is InChI=1S/C17H25N3O4S/c1-2-24-17(21)14-8-12-19(13-9-14)25(22,23)20-11-5-7-16(20)15-6-3-4-10-18-15/h3-4,6,10,14,16H,2,5,7-9,11-13H2,1H3/t16-/m0/s1.